The van der Waals surface area contributed by atoms with Gasteiger partial charge in [0.05, 0.1) is 0 Å². The third kappa shape index (κ3) is 4.16. The van der Waals surface area contributed by atoms with E-state index in [9.17, 15) is 9.90 Å². The lowest BCUT2D eigenvalue weighted by Crippen LogP contribution is -2.41. The first-order chi connectivity index (χ1) is 11.5. The van der Waals surface area contributed by atoms with Crippen molar-refractivity contribution in [3.8, 4) is 5.75 Å². The number of hydrogen-bond acceptors (Lipinski definition) is 5. The normalized spacial score (nSPS) is 20.2. The highest BCUT2D eigenvalue weighted by atomic mass is 16.5. The molecular weight excluding hydrogens is 306 g/mol. The summed E-state index contributed by atoms with van der Waals surface area (Å²) in [7, 11) is 0. The van der Waals surface area contributed by atoms with Gasteiger partial charge in [-0.25, -0.2) is 4.79 Å². The number of hydrogen-bond donors (Lipinski definition) is 1. The summed E-state index contributed by atoms with van der Waals surface area (Å²) in [5, 5.41) is 11.1. The fourth-order valence-corrected chi connectivity index (χ4v) is 3.39. The summed E-state index contributed by atoms with van der Waals surface area (Å²) < 4.78 is 10.9. The summed E-state index contributed by atoms with van der Waals surface area (Å²) in [4.78, 5) is 13.8. The highest BCUT2D eigenvalue weighted by Gasteiger charge is 2.19. The fraction of sp³-hybridized carbons (Fsp3) is 0.526. The van der Waals surface area contributed by atoms with Crippen molar-refractivity contribution in [2.75, 3.05) is 26.2 Å². The van der Waals surface area contributed by atoms with E-state index in [2.05, 4.69) is 11.8 Å². The summed E-state index contributed by atoms with van der Waals surface area (Å²) in [6.07, 6.45) is 1.93. The van der Waals surface area contributed by atoms with Crippen molar-refractivity contribution in [2.45, 2.75) is 32.8 Å². The lowest BCUT2D eigenvalue weighted by molar-refractivity contribution is 0.0537. The molecule has 0 aliphatic carbocycles. The molecule has 1 fully saturated rings. The number of nitrogens with zero attached hydrogens (tertiary/aromatic N) is 1. The molecule has 5 nitrogen and oxygen atoms in total. The van der Waals surface area contributed by atoms with E-state index in [-0.39, 0.29) is 12.2 Å². The molecule has 0 bridgehead atoms. The van der Waals surface area contributed by atoms with Gasteiger partial charge in [0.2, 0.25) is 0 Å². The monoisotopic (exact) mass is 331 g/mol. The minimum Gasteiger partial charge on any atom is -0.491 e. The minimum absolute atomic E-state index is 0.229. The van der Waals surface area contributed by atoms with Crippen molar-refractivity contribution in [1.82, 2.24) is 4.90 Å². The topological polar surface area (TPSA) is 62.9 Å². The Balaban J connectivity index is 1.59. The highest BCUT2D eigenvalue weighted by Crippen LogP contribution is 2.22. The van der Waals surface area contributed by atoms with E-state index in [0.29, 0.717) is 23.8 Å². The third-order valence-electron chi connectivity index (χ3n) is 4.58. The van der Waals surface area contributed by atoms with Crippen LogP contribution in [0.15, 0.2) is 33.5 Å². The zero-order valence-corrected chi connectivity index (χ0v) is 14.3. The molecule has 1 aromatic heterocycles. The number of piperidine rings is 1. The zero-order chi connectivity index (χ0) is 17.1. The maximum atomic E-state index is 11.5. The predicted molar refractivity (Wildman–Crippen MR) is 93.6 cm³/mol. The smallest absolute Gasteiger partial charge is 0.336 e. The van der Waals surface area contributed by atoms with Crippen molar-refractivity contribution in [2.24, 2.45) is 5.92 Å². The molecule has 1 aliphatic heterocycles. The number of β-amino-alcohol motifs (C(OH)–C–C–N with tert-alkyl or cyclic N) is 1. The van der Waals surface area contributed by atoms with Crippen LogP contribution in [0.2, 0.25) is 0 Å². The molecule has 0 saturated carbocycles. The largest absolute Gasteiger partial charge is 0.491 e. The first-order valence-electron chi connectivity index (χ1n) is 8.59. The van der Waals surface area contributed by atoms with Crippen molar-refractivity contribution in [3.63, 3.8) is 0 Å². The average molecular weight is 331 g/mol. The van der Waals surface area contributed by atoms with Crippen LogP contribution in [0.5, 0.6) is 5.75 Å². The summed E-state index contributed by atoms with van der Waals surface area (Å²) in [5.74, 6) is 1.29. The predicted octanol–water partition coefficient (Wildman–Crippen LogP) is 2.57. The van der Waals surface area contributed by atoms with Gasteiger partial charge in [-0.3, -0.25) is 0 Å². The molecule has 0 spiro atoms. The summed E-state index contributed by atoms with van der Waals surface area (Å²) >= 11 is 0. The third-order valence-corrected chi connectivity index (χ3v) is 4.58. The second-order valence-corrected chi connectivity index (χ2v) is 6.88. The molecule has 5 heteroatoms. The maximum Gasteiger partial charge on any atom is 0.336 e. The molecule has 1 aliphatic rings. The first-order valence-corrected chi connectivity index (χ1v) is 8.59. The lowest BCUT2D eigenvalue weighted by Gasteiger charge is -2.32. The van der Waals surface area contributed by atoms with Gasteiger partial charge in [0.15, 0.2) is 0 Å². The Morgan fingerprint density at radius 3 is 3.04 bits per heavy atom. The van der Waals surface area contributed by atoms with Crippen LogP contribution in [0.1, 0.15) is 25.3 Å². The number of likely N-dealkylation sites (tertiary alicyclic amines) is 1. The number of ether oxygens (including phenoxy) is 1. The van der Waals surface area contributed by atoms with E-state index < -0.39 is 6.10 Å². The number of fused-ring (bicyclic) bond motifs is 1. The molecule has 130 valence electrons. The molecule has 1 aromatic carbocycles. The molecule has 0 amide bonds. The molecule has 3 rings (SSSR count). The van der Waals surface area contributed by atoms with Crippen LogP contribution in [-0.2, 0) is 0 Å². The average Bonchev–Trinajstić information content (AvgIpc) is 2.52. The quantitative estimate of drug-likeness (QED) is 0.853. The lowest BCUT2D eigenvalue weighted by atomic mass is 10.0. The van der Waals surface area contributed by atoms with Gasteiger partial charge >= 0.3 is 5.63 Å². The molecule has 1 saturated heterocycles. The van der Waals surface area contributed by atoms with Crippen LogP contribution in [0.25, 0.3) is 11.0 Å². The van der Waals surface area contributed by atoms with Crippen molar-refractivity contribution in [1.29, 1.82) is 0 Å². The van der Waals surface area contributed by atoms with Crippen LogP contribution in [0.4, 0.5) is 0 Å². The summed E-state index contributed by atoms with van der Waals surface area (Å²) in [5.41, 5.74) is 1.03. The Kier molecular flexibility index (Phi) is 5.21. The molecule has 2 heterocycles. The Hall–Kier alpha value is -1.85. The first kappa shape index (κ1) is 17.0. The number of aliphatic hydroxyl groups excluding tert-OH is 1. The Morgan fingerprint density at radius 2 is 2.25 bits per heavy atom. The van der Waals surface area contributed by atoms with Gasteiger partial charge in [-0.05, 0) is 49.9 Å². The minimum atomic E-state index is -0.532. The maximum absolute atomic E-state index is 11.5. The van der Waals surface area contributed by atoms with E-state index in [4.69, 9.17) is 9.15 Å². The standard InChI is InChI=1S/C19H25NO4/c1-13-4-3-7-20(10-13)11-15(21)12-23-16-5-6-17-14(2)8-19(22)24-18(17)9-16/h5-6,8-9,13,15,21H,3-4,7,10-12H2,1-2H3/t13-,15-/m1/s1. The van der Waals surface area contributed by atoms with Crippen LogP contribution in [0.3, 0.4) is 0 Å². The van der Waals surface area contributed by atoms with Gasteiger partial charge < -0.3 is 19.2 Å². The Labute approximate surface area is 141 Å². The van der Waals surface area contributed by atoms with Gasteiger partial charge in [0.1, 0.15) is 24.0 Å². The Morgan fingerprint density at radius 1 is 1.42 bits per heavy atom. The fourth-order valence-electron chi connectivity index (χ4n) is 3.39. The molecule has 2 aromatic rings. The number of aryl methyl sites for hydroxylation is 1. The van der Waals surface area contributed by atoms with Crippen LogP contribution in [0, 0.1) is 12.8 Å². The molecule has 2 atom stereocenters. The van der Waals surface area contributed by atoms with E-state index in [1.807, 2.05) is 19.1 Å². The summed E-state index contributed by atoms with van der Waals surface area (Å²) in [6.45, 7) is 7.07. The van der Waals surface area contributed by atoms with Crippen molar-refractivity contribution in [3.05, 3.63) is 40.2 Å². The van der Waals surface area contributed by atoms with Gasteiger partial charge in [-0.15, -0.1) is 0 Å². The van der Waals surface area contributed by atoms with E-state index in [1.165, 1.54) is 18.9 Å². The molecule has 1 N–H and O–H groups in total. The number of rotatable bonds is 5. The van der Waals surface area contributed by atoms with Crippen LogP contribution < -0.4 is 10.4 Å². The number of benzene rings is 1. The van der Waals surface area contributed by atoms with Gasteiger partial charge in [0, 0.05) is 30.6 Å². The van der Waals surface area contributed by atoms with Crippen LogP contribution in [-0.4, -0.2) is 42.4 Å². The molecule has 0 radical (unpaired) electrons. The van der Waals surface area contributed by atoms with E-state index in [1.54, 1.807) is 6.07 Å². The zero-order valence-electron chi connectivity index (χ0n) is 14.3. The second-order valence-electron chi connectivity index (χ2n) is 6.88. The van der Waals surface area contributed by atoms with Gasteiger partial charge in [-0.1, -0.05) is 6.92 Å². The van der Waals surface area contributed by atoms with Gasteiger partial charge in [-0.2, -0.15) is 0 Å². The van der Waals surface area contributed by atoms with Crippen molar-refractivity contribution < 1.29 is 14.3 Å². The SMILES string of the molecule is Cc1cc(=O)oc2cc(OC[C@H](O)CN3CCC[C@@H](C)C3)ccc12. The van der Waals surface area contributed by atoms with Gasteiger partial charge in [0.25, 0.3) is 0 Å². The van der Waals surface area contributed by atoms with E-state index >= 15 is 0 Å². The molecule has 0 unspecified atom stereocenters. The number of aliphatic hydroxyl groups is 1. The second kappa shape index (κ2) is 7.36. The highest BCUT2D eigenvalue weighted by molar-refractivity contribution is 5.81. The summed E-state index contributed by atoms with van der Waals surface area (Å²) in [6, 6.07) is 6.90. The van der Waals surface area contributed by atoms with Crippen molar-refractivity contribution >= 4 is 11.0 Å². The molecular formula is C19H25NO4. The van der Waals surface area contributed by atoms with Crippen LogP contribution >= 0.6 is 0 Å². The molecule has 24 heavy (non-hydrogen) atoms. The Bertz CT molecular complexity index is 755. The van der Waals surface area contributed by atoms with E-state index in [0.717, 1.165) is 24.0 Å².